The molecule has 0 aliphatic rings. The van der Waals surface area contributed by atoms with E-state index in [1.165, 1.54) is 5.56 Å². The Kier molecular flexibility index (Phi) is 4.20. The first-order valence-corrected chi connectivity index (χ1v) is 6.81. The minimum absolute atomic E-state index is 0.0520. The van der Waals surface area contributed by atoms with Crippen LogP contribution in [0.1, 0.15) is 48.0 Å². The summed E-state index contributed by atoms with van der Waals surface area (Å²) in [6, 6.07) is 9.66. The van der Waals surface area contributed by atoms with E-state index in [-0.39, 0.29) is 5.78 Å². The minimum Gasteiger partial charge on any atom is -0.469 e. The van der Waals surface area contributed by atoms with Gasteiger partial charge in [0, 0.05) is 12.0 Å². The Morgan fingerprint density at radius 3 is 2.74 bits per heavy atom. The molecule has 2 nitrogen and oxygen atoms in total. The molecule has 2 heteroatoms. The molecule has 0 N–H and O–H groups in total. The van der Waals surface area contributed by atoms with Crippen molar-refractivity contribution in [2.45, 2.75) is 33.6 Å². The highest BCUT2D eigenvalue weighted by Gasteiger charge is 2.15. The number of ketones is 1. The molecule has 0 bridgehead atoms. The number of aryl methyl sites for hydroxylation is 1. The summed E-state index contributed by atoms with van der Waals surface area (Å²) in [5, 5.41) is 0. The van der Waals surface area contributed by atoms with Crippen LogP contribution in [-0.4, -0.2) is 5.78 Å². The Hall–Kier alpha value is -1.83. The summed E-state index contributed by atoms with van der Waals surface area (Å²) in [5.41, 5.74) is 2.64. The van der Waals surface area contributed by atoms with Gasteiger partial charge in [0.1, 0.15) is 5.76 Å². The Bertz CT molecular complexity index is 564. The standard InChI is InChI=1S/C17H20O2/c1-4-16-15(8-9-19-16)17(18)14-7-5-6-13(11-14)10-12(2)3/h5-9,11-12H,4,10H2,1-3H3. The number of furan rings is 1. The summed E-state index contributed by atoms with van der Waals surface area (Å²) in [6.07, 6.45) is 3.32. The van der Waals surface area contributed by atoms with Crippen molar-refractivity contribution in [2.75, 3.05) is 0 Å². The molecule has 0 amide bonds. The van der Waals surface area contributed by atoms with Gasteiger partial charge in [-0.3, -0.25) is 4.79 Å². The second-order valence-corrected chi connectivity index (χ2v) is 5.24. The molecule has 19 heavy (non-hydrogen) atoms. The molecule has 0 saturated carbocycles. The van der Waals surface area contributed by atoms with Gasteiger partial charge in [0.15, 0.2) is 5.78 Å². The van der Waals surface area contributed by atoms with Crippen molar-refractivity contribution in [1.29, 1.82) is 0 Å². The molecule has 0 saturated heterocycles. The van der Waals surface area contributed by atoms with Crippen LogP contribution in [-0.2, 0) is 12.8 Å². The van der Waals surface area contributed by atoms with E-state index in [4.69, 9.17) is 4.42 Å². The maximum absolute atomic E-state index is 12.5. The smallest absolute Gasteiger partial charge is 0.196 e. The highest BCUT2D eigenvalue weighted by molar-refractivity contribution is 6.09. The van der Waals surface area contributed by atoms with E-state index >= 15 is 0 Å². The quantitative estimate of drug-likeness (QED) is 0.748. The van der Waals surface area contributed by atoms with Crippen LogP contribution in [0.5, 0.6) is 0 Å². The van der Waals surface area contributed by atoms with E-state index in [1.807, 2.05) is 25.1 Å². The Balaban J connectivity index is 2.29. The van der Waals surface area contributed by atoms with Gasteiger partial charge < -0.3 is 4.42 Å². The van der Waals surface area contributed by atoms with Gasteiger partial charge in [-0.1, -0.05) is 39.0 Å². The van der Waals surface area contributed by atoms with Crippen molar-refractivity contribution < 1.29 is 9.21 Å². The largest absolute Gasteiger partial charge is 0.469 e. The number of carbonyl (C=O) groups excluding carboxylic acids is 1. The second kappa shape index (κ2) is 5.87. The molecule has 0 spiro atoms. The maximum atomic E-state index is 12.5. The van der Waals surface area contributed by atoms with Gasteiger partial charge in [0.2, 0.25) is 0 Å². The van der Waals surface area contributed by atoms with Crippen molar-refractivity contribution in [1.82, 2.24) is 0 Å². The molecule has 1 aromatic carbocycles. The lowest BCUT2D eigenvalue weighted by Gasteiger charge is -2.07. The van der Waals surface area contributed by atoms with Crippen LogP contribution < -0.4 is 0 Å². The van der Waals surface area contributed by atoms with Gasteiger partial charge >= 0.3 is 0 Å². The van der Waals surface area contributed by atoms with Crippen LogP contribution in [0.4, 0.5) is 0 Å². The Morgan fingerprint density at radius 2 is 2.05 bits per heavy atom. The van der Waals surface area contributed by atoms with E-state index < -0.39 is 0 Å². The molecule has 1 heterocycles. The van der Waals surface area contributed by atoms with Crippen molar-refractivity contribution in [3.8, 4) is 0 Å². The van der Waals surface area contributed by atoms with Crippen molar-refractivity contribution in [2.24, 2.45) is 5.92 Å². The Labute approximate surface area is 114 Å². The predicted octanol–water partition coefficient (Wildman–Crippen LogP) is 4.27. The maximum Gasteiger partial charge on any atom is 0.196 e. The topological polar surface area (TPSA) is 30.2 Å². The summed E-state index contributed by atoms with van der Waals surface area (Å²) < 4.78 is 5.33. The molecule has 100 valence electrons. The summed E-state index contributed by atoms with van der Waals surface area (Å²) in [5.74, 6) is 1.40. The van der Waals surface area contributed by atoms with E-state index in [0.717, 1.165) is 24.2 Å². The highest BCUT2D eigenvalue weighted by Crippen LogP contribution is 2.18. The van der Waals surface area contributed by atoms with E-state index in [9.17, 15) is 4.79 Å². The molecule has 2 rings (SSSR count). The molecule has 0 fully saturated rings. The molecule has 0 atom stereocenters. The summed E-state index contributed by atoms with van der Waals surface area (Å²) in [6.45, 7) is 6.35. The highest BCUT2D eigenvalue weighted by atomic mass is 16.3. The number of hydrogen-bond donors (Lipinski definition) is 0. The zero-order valence-corrected chi connectivity index (χ0v) is 11.8. The summed E-state index contributed by atoms with van der Waals surface area (Å²) >= 11 is 0. The van der Waals surface area contributed by atoms with Crippen LogP contribution in [0.2, 0.25) is 0 Å². The van der Waals surface area contributed by atoms with Crippen LogP contribution in [0.3, 0.4) is 0 Å². The number of carbonyl (C=O) groups is 1. The second-order valence-electron chi connectivity index (χ2n) is 5.24. The average molecular weight is 256 g/mol. The first kappa shape index (κ1) is 13.6. The van der Waals surface area contributed by atoms with Crippen LogP contribution >= 0.6 is 0 Å². The monoisotopic (exact) mass is 256 g/mol. The number of rotatable bonds is 5. The van der Waals surface area contributed by atoms with Crippen molar-refractivity contribution >= 4 is 5.78 Å². The average Bonchev–Trinajstić information content (AvgIpc) is 2.85. The third-order valence-corrected chi connectivity index (χ3v) is 3.14. The van der Waals surface area contributed by atoms with E-state index in [2.05, 4.69) is 19.9 Å². The van der Waals surface area contributed by atoms with Crippen LogP contribution in [0.15, 0.2) is 41.0 Å². The lowest BCUT2D eigenvalue weighted by Crippen LogP contribution is -2.04. The lowest BCUT2D eigenvalue weighted by atomic mass is 9.97. The molecular formula is C17H20O2. The van der Waals surface area contributed by atoms with Crippen molar-refractivity contribution in [3.05, 3.63) is 59.0 Å². The number of benzene rings is 1. The third-order valence-electron chi connectivity index (χ3n) is 3.14. The molecule has 2 aromatic rings. The Morgan fingerprint density at radius 1 is 1.26 bits per heavy atom. The zero-order valence-electron chi connectivity index (χ0n) is 11.8. The fourth-order valence-electron chi connectivity index (χ4n) is 2.28. The van der Waals surface area contributed by atoms with Gasteiger partial charge in [-0.05, 0) is 30.0 Å². The van der Waals surface area contributed by atoms with Gasteiger partial charge in [-0.25, -0.2) is 0 Å². The summed E-state index contributed by atoms with van der Waals surface area (Å²) in [7, 11) is 0. The van der Waals surface area contributed by atoms with E-state index in [1.54, 1.807) is 12.3 Å². The zero-order chi connectivity index (χ0) is 13.8. The predicted molar refractivity (Wildman–Crippen MR) is 76.5 cm³/mol. The van der Waals surface area contributed by atoms with Crippen molar-refractivity contribution in [3.63, 3.8) is 0 Å². The fourth-order valence-corrected chi connectivity index (χ4v) is 2.28. The first-order valence-electron chi connectivity index (χ1n) is 6.81. The van der Waals surface area contributed by atoms with Gasteiger partial charge in [0.05, 0.1) is 11.8 Å². The van der Waals surface area contributed by atoms with Gasteiger partial charge in [0.25, 0.3) is 0 Å². The minimum atomic E-state index is 0.0520. The third kappa shape index (κ3) is 3.14. The molecule has 1 aromatic heterocycles. The number of hydrogen-bond acceptors (Lipinski definition) is 2. The van der Waals surface area contributed by atoms with E-state index in [0.29, 0.717) is 11.5 Å². The van der Waals surface area contributed by atoms with Gasteiger partial charge in [-0.2, -0.15) is 0 Å². The molecule has 0 radical (unpaired) electrons. The summed E-state index contributed by atoms with van der Waals surface area (Å²) in [4.78, 5) is 12.5. The van der Waals surface area contributed by atoms with Crippen LogP contribution in [0.25, 0.3) is 0 Å². The SMILES string of the molecule is CCc1occc1C(=O)c1cccc(CC(C)C)c1. The normalized spacial score (nSPS) is 10.9. The fraction of sp³-hybridized carbons (Fsp3) is 0.353. The van der Waals surface area contributed by atoms with Crippen LogP contribution in [0, 0.1) is 5.92 Å². The molecule has 0 unspecified atom stereocenters. The molecular weight excluding hydrogens is 236 g/mol. The first-order chi connectivity index (χ1) is 9.11. The molecule has 0 aliphatic heterocycles. The van der Waals surface area contributed by atoms with Gasteiger partial charge in [-0.15, -0.1) is 0 Å². The molecule has 0 aliphatic carbocycles. The lowest BCUT2D eigenvalue weighted by molar-refractivity contribution is 0.103.